The highest BCUT2D eigenvalue weighted by Crippen LogP contribution is 2.17. The number of ether oxygens (including phenoxy) is 2. The maximum Gasteiger partial charge on any atom is 0.219 e. The third kappa shape index (κ3) is 4.72. The van der Waals surface area contributed by atoms with E-state index in [-0.39, 0.29) is 0 Å². The van der Waals surface area contributed by atoms with E-state index in [1.165, 1.54) is 0 Å². The van der Waals surface area contributed by atoms with Crippen LogP contribution >= 0.6 is 0 Å². The minimum absolute atomic E-state index is 0.405. The van der Waals surface area contributed by atoms with E-state index < -0.39 is 0 Å². The zero-order valence-corrected chi connectivity index (χ0v) is 12.7. The van der Waals surface area contributed by atoms with Crippen molar-refractivity contribution in [2.75, 3.05) is 7.11 Å². The van der Waals surface area contributed by atoms with Crippen LogP contribution in [-0.4, -0.2) is 23.1 Å². The number of methoxy groups -OCH3 is 1. The lowest BCUT2D eigenvalue weighted by molar-refractivity contribution is 0.292. The number of hydrogen-bond acceptors (Lipinski definition) is 5. The fourth-order valence-corrected chi connectivity index (χ4v) is 1.79. The minimum atomic E-state index is 0.405. The van der Waals surface area contributed by atoms with Crippen LogP contribution in [0.15, 0.2) is 36.7 Å². The van der Waals surface area contributed by atoms with Gasteiger partial charge in [-0.25, -0.2) is 4.98 Å². The van der Waals surface area contributed by atoms with Crippen molar-refractivity contribution in [2.24, 2.45) is 0 Å². The SMILES string of the molecule is COc1ncccc1COc1ccc(CNC(C)C)nc1. The van der Waals surface area contributed by atoms with Crippen molar-refractivity contribution in [3.63, 3.8) is 0 Å². The third-order valence-electron chi connectivity index (χ3n) is 2.93. The summed E-state index contributed by atoms with van der Waals surface area (Å²) in [6, 6.07) is 8.12. The standard InChI is InChI=1S/C16H21N3O2/c1-12(2)18-9-14-6-7-15(10-19-14)21-11-13-5-4-8-17-16(13)20-3/h4-8,10,12,18H,9,11H2,1-3H3. The second-order valence-corrected chi connectivity index (χ2v) is 4.98. The van der Waals surface area contributed by atoms with Gasteiger partial charge in [-0.05, 0) is 24.3 Å². The third-order valence-corrected chi connectivity index (χ3v) is 2.93. The summed E-state index contributed by atoms with van der Waals surface area (Å²) >= 11 is 0. The number of aromatic nitrogens is 2. The molecule has 0 aliphatic rings. The summed E-state index contributed by atoms with van der Waals surface area (Å²) in [5.74, 6) is 1.32. The first-order valence-electron chi connectivity index (χ1n) is 6.98. The second-order valence-electron chi connectivity index (χ2n) is 4.98. The molecule has 5 nitrogen and oxygen atoms in total. The molecule has 2 aromatic rings. The maximum absolute atomic E-state index is 5.71. The van der Waals surface area contributed by atoms with E-state index in [1.807, 2.05) is 24.3 Å². The number of nitrogens with zero attached hydrogens (tertiary/aromatic N) is 2. The lowest BCUT2D eigenvalue weighted by Gasteiger charge is -2.10. The average Bonchev–Trinajstić information content (AvgIpc) is 2.52. The topological polar surface area (TPSA) is 56.3 Å². The van der Waals surface area contributed by atoms with Crippen LogP contribution in [0.2, 0.25) is 0 Å². The summed E-state index contributed by atoms with van der Waals surface area (Å²) in [6.45, 7) is 5.38. The van der Waals surface area contributed by atoms with E-state index in [2.05, 4.69) is 29.1 Å². The highest BCUT2D eigenvalue weighted by Gasteiger charge is 2.04. The zero-order valence-electron chi connectivity index (χ0n) is 12.7. The van der Waals surface area contributed by atoms with Crippen molar-refractivity contribution in [2.45, 2.75) is 33.0 Å². The molecule has 5 heteroatoms. The Kier molecular flexibility index (Phi) is 5.51. The van der Waals surface area contributed by atoms with Crippen molar-refractivity contribution in [1.82, 2.24) is 15.3 Å². The quantitative estimate of drug-likeness (QED) is 0.848. The van der Waals surface area contributed by atoms with Crippen molar-refractivity contribution in [3.8, 4) is 11.6 Å². The van der Waals surface area contributed by atoms with Crippen LogP contribution in [0.5, 0.6) is 11.6 Å². The monoisotopic (exact) mass is 287 g/mol. The Hall–Kier alpha value is -2.14. The fourth-order valence-electron chi connectivity index (χ4n) is 1.79. The Balaban J connectivity index is 1.91. The van der Waals surface area contributed by atoms with Crippen LogP contribution in [0.1, 0.15) is 25.1 Å². The molecule has 0 spiro atoms. The molecule has 0 atom stereocenters. The molecule has 0 aliphatic carbocycles. The molecular weight excluding hydrogens is 266 g/mol. The Labute approximate surface area is 125 Å². The van der Waals surface area contributed by atoms with E-state index in [0.717, 1.165) is 23.6 Å². The molecule has 0 aromatic carbocycles. The van der Waals surface area contributed by atoms with Gasteiger partial charge >= 0.3 is 0 Å². The molecule has 0 fully saturated rings. The first-order chi connectivity index (χ1) is 10.2. The van der Waals surface area contributed by atoms with Crippen LogP contribution in [0.4, 0.5) is 0 Å². The van der Waals surface area contributed by atoms with Crippen molar-refractivity contribution in [3.05, 3.63) is 47.9 Å². The highest BCUT2D eigenvalue weighted by atomic mass is 16.5. The molecule has 21 heavy (non-hydrogen) atoms. The van der Waals surface area contributed by atoms with Gasteiger partial charge in [0.15, 0.2) is 0 Å². The van der Waals surface area contributed by atoms with Crippen LogP contribution in [0.3, 0.4) is 0 Å². The molecule has 2 heterocycles. The molecule has 0 radical (unpaired) electrons. The number of hydrogen-bond donors (Lipinski definition) is 1. The molecule has 0 amide bonds. The smallest absolute Gasteiger partial charge is 0.219 e. The normalized spacial score (nSPS) is 10.7. The van der Waals surface area contributed by atoms with E-state index in [0.29, 0.717) is 18.5 Å². The van der Waals surface area contributed by atoms with Crippen LogP contribution < -0.4 is 14.8 Å². The molecule has 0 aliphatic heterocycles. The van der Waals surface area contributed by atoms with Crippen molar-refractivity contribution in [1.29, 1.82) is 0 Å². The molecule has 1 N–H and O–H groups in total. The Bertz CT molecular complexity index is 556. The van der Waals surface area contributed by atoms with E-state index in [4.69, 9.17) is 9.47 Å². The van der Waals surface area contributed by atoms with Gasteiger partial charge in [0.25, 0.3) is 0 Å². The van der Waals surface area contributed by atoms with Gasteiger partial charge in [-0.15, -0.1) is 0 Å². The molecular formula is C16H21N3O2. The molecule has 2 aromatic heterocycles. The first-order valence-corrected chi connectivity index (χ1v) is 6.98. The Morgan fingerprint density at radius 1 is 1.19 bits per heavy atom. The first kappa shape index (κ1) is 15.3. The molecule has 0 unspecified atom stereocenters. The predicted molar refractivity (Wildman–Crippen MR) is 81.3 cm³/mol. The van der Waals surface area contributed by atoms with Crippen molar-refractivity contribution >= 4 is 0 Å². The van der Waals surface area contributed by atoms with Gasteiger partial charge in [-0.2, -0.15) is 0 Å². The van der Waals surface area contributed by atoms with Gasteiger partial charge in [0.2, 0.25) is 5.88 Å². The molecule has 0 saturated carbocycles. The summed E-state index contributed by atoms with van der Waals surface area (Å²) in [5, 5.41) is 3.33. The predicted octanol–water partition coefficient (Wildman–Crippen LogP) is 2.56. The fraction of sp³-hybridized carbons (Fsp3) is 0.375. The summed E-state index contributed by atoms with van der Waals surface area (Å²) < 4.78 is 10.9. The van der Waals surface area contributed by atoms with Crippen LogP contribution in [0.25, 0.3) is 0 Å². The largest absolute Gasteiger partial charge is 0.487 e. The van der Waals surface area contributed by atoms with Gasteiger partial charge in [0, 0.05) is 18.8 Å². The average molecular weight is 287 g/mol. The van der Waals surface area contributed by atoms with E-state index >= 15 is 0 Å². The van der Waals surface area contributed by atoms with Crippen LogP contribution in [-0.2, 0) is 13.2 Å². The van der Waals surface area contributed by atoms with Gasteiger partial charge in [0.1, 0.15) is 12.4 Å². The second kappa shape index (κ2) is 7.59. The van der Waals surface area contributed by atoms with Crippen molar-refractivity contribution < 1.29 is 9.47 Å². The summed E-state index contributed by atoms with van der Waals surface area (Å²) in [5.41, 5.74) is 1.90. The number of pyridine rings is 2. The van der Waals surface area contributed by atoms with E-state index in [1.54, 1.807) is 19.5 Å². The van der Waals surface area contributed by atoms with Gasteiger partial charge in [-0.1, -0.05) is 13.8 Å². The zero-order chi connectivity index (χ0) is 15.1. The van der Waals surface area contributed by atoms with Gasteiger partial charge in [-0.3, -0.25) is 4.98 Å². The summed E-state index contributed by atoms with van der Waals surface area (Å²) in [7, 11) is 1.60. The number of nitrogens with one attached hydrogen (secondary N) is 1. The maximum atomic E-state index is 5.71. The molecule has 2 rings (SSSR count). The lowest BCUT2D eigenvalue weighted by Crippen LogP contribution is -2.22. The summed E-state index contributed by atoms with van der Waals surface area (Å²) in [4.78, 5) is 8.51. The molecule has 112 valence electrons. The Morgan fingerprint density at radius 3 is 2.71 bits per heavy atom. The molecule has 0 saturated heterocycles. The number of rotatable bonds is 7. The minimum Gasteiger partial charge on any atom is -0.487 e. The van der Waals surface area contributed by atoms with Gasteiger partial charge < -0.3 is 14.8 Å². The molecule has 0 bridgehead atoms. The highest BCUT2D eigenvalue weighted by molar-refractivity contribution is 5.26. The lowest BCUT2D eigenvalue weighted by atomic mass is 10.3. The summed E-state index contributed by atoms with van der Waals surface area (Å²) in [6.07, 6.45) is 3.43. The van der Waals surface area contributed by atoms with Gasteiger partial charge in [0.05, 0.1) is 24.6 Å². The Morgan fingerprint density at radius 2 is 2.05 bits per heavy atom. The van der Waals surface area contributed by atoms with Crippen LogP contribution in [0, 0.1) is 0 Å². The van der Waals surface area contributed by atoms with E-state index in [9.17, 15) is 0 Å².